The molecule has 2 atom stereocenters. The third kappa shape index (κ3) is 6.07. The molecule has 0 aliphatic rings. The second-order valence-electron chi connectivity index (χ2n) is 6.01. The number of benzene rings is 2. The number of non-ortho nitro benzene ring substituents is 1. The minimum absolute atomic E-state index is 0.126. The van der Waals surface area contributed by atoms with E-state index in [1.54, 1.807) is 44.2 Å². The van der Waals surface area contributed by atoms with E-state index in [0.29, 0.717) is 5.75 Å². The van der Waals surface area contributed by atoms with Gasteiger partial charge in [0, 0.05) is 12.1 Å². The molecule has 2 aromatic carbocycles. The van der Waals surface area contributed by atoms with Crippen LogP contribution in [0.5, 0.6) is 11.5 Å². The average molecular weight is 408 g/mol. The van der Waals surface area contributed by atoms with E-state index in [0.717, 1.165) is 4.83 Å². The van der Waals surface area contributed by atoms with Crippen LogP contribution in [0.25, 0.3) is 0 Å². The highest BCUT2D eigenvalue weighted by Gasteiger charge is 2.31. The van der Waals surface area contributed by atoms with E-state index in [4.69, 9.17) is 14.1 Å². The van der Waals surface area contributed by atoms with Crippen molar-refractivity contribution in [1.82, 2.24) is 4.83 Å². The molecule has 0 N–H and O–H groups in total. The quantitative estimate of drug-likeness (QED) is 0.265. The minimum atomic E-state index is -3.06. The molecule has 10 heteroatoms. The maximum Gasteiger partial charge on any atom is 0.340 e. The van der Waals surface area contributed by atoms with Gasteiger partial charge in [-0.15, -0.1) is 0 Å². The summed E-state index contributed by atoms with van der Waals surface area (Å²) in [4.78, 5) is 29.0. The third-order valence-electron chi connectivity index (χ3n) is 3.42. The van der Waals surface area contributed by atoms with Gasteiger partial charge in [-0.25, -0.2) is 0 Å². The van der Waals surface area contributed by atoms with Crippen LogP contribution in [0.2, 0.25) is 0 Å². The van der Waals surface area contributed by atoms with Crippen LogP contribution in [0, 0.1) is 10.1 Å². The summed E-state index contributed by atoms with van der Waals surface area (Å²) >= 11 is 0. The van der Waals surface area contributed by atoms with Crippen molar-refractivity contribution in [2.75, 3.05) is 0 Å². The van der Waals surface area contributed by atoms with Crippen LogP contribution in [-0.4, -0.2) is 27.9 Å². The Hall–Kier alpha value is -2.90. The number of hydrogen-bond acceptors (Lipinski definition) is 7. The van der Waals surface area contributed by atoms with Gasteiger partial charge in [-0.3, -0.25) is 19.5 Å². The summed E-state index contributed by atoms with van der Waals surface area (Å²) in [5, 5.41) is 10.8. The lowest BCUT2D eigenvalue weighted by molar-refractivity contribution is -0.384. The zero-order valence-corrected chi connectivity index (χ0v) is 16.6. The van der Waals surface area contributed by atoms with Crippen LogP contribution in [0.1, 0.15) is 20.8 Å². The molecule has 0 aliphatic heterocycles. The van der Waals surface area contributed by atoms with E-state index in [1.165, 1.54) is 31.2 Å². The number of para-hydroxylation sites is 1. The summed E-state index contributed by atoms with van der Waals surface area (Å²) in [6.07, 6.45) is -0.367. The van der Waals surface area contributed by atoms with Gasteiger partial charge >= 0.3 is 14.1 Å². The molecule has 2 aromatic rings. The van der Waals surface area contributed by atoms with Crippen molar-refractivity contribution >= 4 is 19.8 Å². The molecule has 0 aliphatic carbocycles. The van der Waals surface area contributed by atoms with Crippen molar-refractivity contribution in [3.05, 3.63) is 64.7 Å². The number of rotatable bonds is 9. The summed E-state index contributed by atoms with van der Waals surface area (Å²) in [6.45, 7) is 4.85. The molecule has 0 radical (unpaired) electrons. The Kier molecular flexibility index (Phi) is 7.54. The molecule has 150 valence electrons. The number of nitro benzene ring substituents is 1. The predicted molar refractivity (Wildman–Crippen MR) is 102 cm³/mol. The summed E-state index contributed by atoms with van der Waals surface area (Å²) < 4.78 is 23.3. The van der Waals surface area contributed by atoms with Gasteiger partial charge in [0.25, 0.3) is 5.69 Å². The summed E-state index contributed by atoms with van der Waals surface area (Å²) in [6, 6.07) is 12.5. The fraction of sp³-hybridized carbons (Fsp3) is 0.278. The Morgan fingerprint density at radius 3 is 2.18 bits per heavy atom. The van der Waals surface area contributed by atoms with Crippen molar-refractivity contribution in [3.63, 3.8) is 0 Å². The number of hydroxylamine groups is 1. The van der Waals surface area contributed by atoms with E-state index >= 15 is 0 Å². The Labute approximate surface area is 162 Å². The largest absolute Gasteiger partial charge is 0.462 e. The highest BCUT2D eigenvalue weighted by Crippen LogP contribution is 2.35. The maximum atomic E-state index is 12.8. The minimum Gasteiger partial charge on any atom is -0.462 e. The van der Waals surface area contributed by atoms with Crippen LogP contribution in [0.3, 0.4) is 0 Å². The molecule has 0 bridgehead atoms. The lowest BCUT2D eigenvalue weighted by atomic mass is 10.3. The molecule has 0 saturated heterocycles. The van der Waals surface area contributed by atoms with Crippen molar-refractivity contribution in [1.29, 1.82) is 0 Å². The smallest absolute Gasteiger partial charge is 0.340 e. The van der Waals surface area contributed by atoms with Crippen LogP contribution >= 0.6 is 8.18 Å². The second kappa shape index (κ2) is 9.87. The summed E-state index contributed by atoms with van der Waals surface area (Å²) in [5.41, 5.74) is -0.126. The molecule has 0 spiro atoms. The van der Waals surface area contributed by atoms with Crippen molar-refractivity contribution in [3.8, 4) is 11.5 Å². The molecule has 0 aromatic heterocycles. The number of nitrogens with zero attached hydrogens (tertiary/aromatic N) is 2. The first-order valence-corrected chi connectivity index (χ1v) is 9.73. The Bertz CT molecular complexity index is 828. The van der Waals surface area contributed by atoms with E-state index in [-0.39, 0.29) is 17.5 Å². The Balaban J connectivity index is 2.22. The van der Waals surface area contributed by atoms with Gasteiger partial charge in [0.2, 0.25) is 0 Å². The topological polar surface area (TPSA) is 108 Å². The highest BCUT2D eigenvalue weighted by molar-refractivity contribution is 7.36. The van der Waals surface area contributed by atoms with Crippen molar-refractivity contribution in [2.24, 2.45) is 0 Å². The van der Waals surface area contributed by atoms with Gasteiger partial charge < -0.3 is 14.1 Å². The van der Waals surface area contributed by atoms with Crippen LogP contribution in [0.4, 0.5) is 5.69 Å². The lowest BCUT2D eigenvalue weighted by Gasteiger charge is -2.26. The van der Waals surface area contributed by atoms with Gasteiger partial charge in [0.1, 0.15) is 11.5 Å². The third-order valence-corrected chi connectivity index (χ3v) is 4.67. The fourth-order valence-electron chi connectivity index (χ4n) is 2.08. The summed E-state index contributed by atoms with van der Waals surface area (Å²) in [5.74, 6) is -0.148. The number of carbonyl (C=O) groups is 1. The predicted octanol–water partition coefficient (Wildman–Crippen LogP) is 4.00. The van der Waals surface area contributed by atoms with E-state index in [1.807, 2.05) is 0 Å². The van der Waals surface area contributed by atoms with Gasteiger partial charge in [-0.05, 0) is 49.9 Å². The molecule has 9 nitrogen and oxygen atoms in total. The standard InChI is InChI=1S/C18H21N2O7P/c1-13(2)25-18(21)14(3)20(28(24)27-17-7-5-4-6-8-17)26-16-11-9-15(10-12-16)19(22)23/h4-14,28H,1-3H3. The lowest BCUT2D eigenvalue weighted by Crippen LogP contribution is -2.39. The molecule has 2 rings (SSSR count). The maximum absolute atomic E-state index is 12.8. The Morgan fingerprint density at radius 2 is 1.64 bits per heavy atom. The molecule has 28 heavy (non-hydrogen) atoms. The first-order chi connectivity index (χ1) is 13.3. The van der Waals surface area contributed by atoms with Gasteiger partial charge in [0.15, 0.2) is 6.04 Å². The van der Waals surface area contributed by atoms with Gasteiger partial charge in [-0.1, -0.05) is 18.2 Å². The second-order valence-corrected chi connectivity index (χ2v) is 7.19. The molecular formula is C18H21N2O7P. The number of hydrogen-bond donors (Lipinski definition) is 0. The normalized spacial score (nSPS) is 13.0. The van der Waals surface area contributed by atoms with Crippen LogP contribution in [0.15, 0.2) is 54.6 Å². The number of ether oxygens (including phenoxy) is 1. The Morgan fingerprint density at radius 1 is 1.04 bits per heavy atom. The number of esters is 1. The molecule has 0 saturated carbocycles. The van der Waals surface area contributed by atoms with Gasteiger partial charge in [0.05, 0.1) is 11.0 Å². The number of carbonyl (C=O) groups excluding carboxylic acids is 1. The fourth-order valence-corrected chi connectivity index (χ4v) is 3.11. The van der Waals surface area contributed by atoms with Crippen molar-refractivity contribution < 1.29 is 28.4 Å². The first-order valence-electron chi connectivity index (χ1n) is 8.47. The van der Waals surface area contributed by atoms with Crippen LogP contribution in [-0.2, 0) is 14.1 Å². The van der Waals surface area contributed by atoms with E-state index < -0.39 is 25.1 Å². The molecule has 0 amide bonds. The summed E-state index contributed by atoms with van der Waals surface area (Å²) in [7, 11) is -3.06. The van der Waals surface area contributed by atoms with E-state index in [2.05, 4.69) is 0 Å². The average Bonchev–Trinajstić information content (AvgIpc) is 2.66. The van der Waals surface area contributed by atoms with E-state index in [9.17, 15) is 19.5 Å². The van der Waals surface area contributed by atoms with Gasteiger partial charge in [-0.2, -0.15) is 0 Å². The molecule has 1 unspecified atom stereocenters. The van der Waals surface area contributed by atoms with Crippen molar-refractivity contribution in [2.45, 2.75) is 32.9 Å². The van der Waals surface area contributed by atoms with Crippen LogP contribution < -0.4 is 9.36 Å². The monoisotopic (exact) mass is 408 g/mol. The highest BCUT2D eigenvalue weighted by atomic mass is 31.1. The number of nitro groups is 1. The molecule has 0 fully saturated rings. The zero-order valence-electron chi connectivity index (χ0n) is 15.6. The first kappa shape index (κ1) is 21.4. The molecular weight excluding hydrogens is 387 g/mol. The SMILES string of the molecule is CC(C)OC(=O)C(C)N(Oc1ccc([N+](=O)[O-])cc1)[P@@H](=O)Oc1ccccc1. The molecule has 0 heterocycles. The zero-order chi connectivity index (χ0) is 20.7.